The molecule has 0 saturated heterocycles. The fourth-order valence-corrected chi connectivity index (χ4v) is 0.937. The Kier molecular flexibility index (Phi) is 5.51. The van der Waals surface area contributed by atoms with E-state index in [9.17, 15) is 5.11 Å². The largest absolute Gasteiger partial charge is 0.391 e. The Morgan fingerprint density at radius 1 is 1.33 bits per heavy atom. The molecule has 0 amide bonds. The maximum Gasteiger partial charge on any atom is 0.0773 e. The predicted octanol–water partition coefficient (Wildman–Crippen LogP) is 2.21. The van der Waals surface area contributed by atoms with Crippen LogP contribution in [0.1, 0.15) is 40.5 Å². The summed E-state index contributed by atoms with van der Waals surface area (Å²) < 4.78 is 5.11. The van der Waals surface area contributed by atoms with E-state index in [0.29, 0.717) is 18.6 Å². The van der Waals surface area contributed by atoms with Gasteiger partial charge in [0, 0.05) is 6.61 Å². The van der Waals surface area contributed by atoms with Gasteiger partial charge >= 0.3 is 0 Å². The second-order valence-electron chi connectivity index (χ2n) is 4.41. The number of hydrogen-bond acceptors (Lipinski definition) is 2. The summed E-state index contributed by atoms with van der Waals surface area (Å²) in [6.45, 7) is 9.65. The average molecular weight is 174 g/mol. The summed E-state index contributed by atoms with van der Waals surface area (Å²) in [7, 11) is 0. The van der Waals surface area contributed by atoms with Crippen LogP contribution in [0, 0.1) is 5.41 Å². The third kappa shape index (κ3) is 8.02. The van der Waals surface area contributed by atoms with Gasteiger partial charge in [0.1, 0.15) is 0 Å². The van der Waals surface area contributed by atoms with Gasteiger partial charge in [-0.25, -0.2) is 0 Å². The van der Waals surface area contributed by atoms with Crippen molar-refractivity contribution in [1.82, 2.24) is 0 Å². The van der Waals surface area contributed by atoms with Crippen LogP contribution in [0.25, 0.3) is 0 Å². The summed E-state index contributed by atoms with van der Waals surface area (Å²) in [5.41, 5.74) is 0.313. The van der Waals surface area contributed by atoms with E-state index in [2.05, 4.69) is 20.8 Å². The molecular weight excluding hydrogens is 152 g/mol. The SMILES string of the molecule is CCOCC(O)CCC(C)(C)C. The van der Waals surface area contributed by atoms with Crippen molar-refractivity contribution in [2.24, 2.45) is 5.41 Å². The molecule has 0 saturated carbocycles. The van der Waals surface area contributed by atoms with Gasteiger partial charge in [-0.3, -0.25) is 0 Å². The zero-order chi connectivity index (χ0) is 9.61. The molecule has 0 aliphatic rings. The van der Waals surface area contributed by atoms with Crippen molar-refractivity contribution in [3.8, 4) is 0 Å². The van der Waals surface area contributed by atoms with Crippen LogP contribution in [0.5, 0.6) is 0 Å². The minimum absolute atomic E-state index is 0.288. The van der Waals surface area contributed by atoms with Gasteiger partial charge in [-0.2, -0.15) is 0 Å². The summed E-state index contributed by atoms with van der Waals surface area (Å²) in [4.78, 5) is 0. The van der Waals surface area contributed by atoms with E-state index in [1.165, 1.54) is 0 Å². The van der Waals surface area contributed by atoms with E-state index < -0.39 is 0 Å². The third-order valence-corrected chi connectivity index (χ3v) is 1.74. The van der Waals surface area contributed by atoms with Crippen LogP contribution in [0.4, 0.5) is 0 Å². The predicted molar refractivity (Wildman–Crippen MR) is 51.2 cm³/mol. The lowest BCUT2D eigenvalue weighted by Crippen LogP contribution is -2.18. The fraction of sp³-hybridized carbons (Fsp3) is 1.00. The average Bonchev–Trinajstić information content (AvgIpc) is 1.95. The lowest BCUT2D eigenvalue weighted by molar-refractivity contribution is 0.0323. The van der Waals surface area contributed by atoms with E-state index in [1.807, 2.05) is 6.92 Å². The lowest BCUT2D eigenvalue weighted by atomic mass is 9.89. The van der Waals surface area contributed by atoms with Gasteiger partial charge < -0.3 is 9.84 Å². The van der Waals surface area contributed by atoms with Gasteiger partial charge in [-0.1, -0.05) is 20.8 Å². The van der Waals surface area contributed by atoms with Crippen LogP contribution in [0.15, 0.2) is 0 Å². The first-order valence-corrected chi connectivity index (χ1v) is 4.71. The zero-order valence-corrected chi connectivity index (χ0v) is 8.76. The van der Waals surface area contributed by atoms with Crippen molar-refractivity contribution in [1.29, 1.82) is 0 Å². The van der Waals surface area contributed by atoms with Crippen LogP contribution in [0.2, 0.25) is 0 Å². The molecule has 74 valence electrons. The molecule has 1 atom stereocenters. The molecule has 0 heterocycles. The number of rotatable bonds is 5. The Morgan fingerprint density at radius 3 is 2.33 bits per heavy atom. The van der Waals surface area contributed by atoms with Crippen LogP contribution < -0.4 is 0 Å². The molecular formula is C10H22O2. The Balaban J connectivity index is 3.37. The molecule has 2 heteroatoms. The monoisotopic (exact) mass is 174 g/mol. The van der Waals surface area contributed by atoms with E-state index in [0.717, 1.165) is 12.8 Å². The topological polar surface area (TPSA) is 29.5 Å². The summed E-state index contributed by atoms with van der Waals surface area (Å²) in [6.07, 6.45) is 1.59. The number of hydrogen-bond donors (Lipinski definition) is 1. The molecule has 0 aromatic carbocycles. The normalized spacial score (nSPS) is 14.8. The number of aliphatic hydroxyl groups is 1. The zero-order valence-electron chi connectivity index (χ0n) is 8.76. The standard InChI is InChI=1S/C10H22O2/c1-5-12-8-9(11)6-7-10(2,3)4/h9,11H,5-8H2,1-4H3. The maximum absolute atomic E-state index is 9.42. The quantitative estimate of drug-likeness (QED) is 0.692. The first-order valence-electron chi connectivity index (χ1n) is 4.71. The highest BCUT2D eigenvalue weighted by molar-refractivity contribution is 4.64. The highest BCUT2D eigenvalue weighted by Crippen LogP contribution is 2.21. The van der Waals surface area contributed by atoms with E-state index >= 15 is 0 Å². The van der Waals surface area contributed by atoms with Crippen molar-refractivity contribution in [2.45, 2.75) is 46.6 Å². The molecule has 12 heavy (non-hydrogen) atoms. The van der Waals surface area contributed by atoms with E-state index in [4.69, 9.17) is 4.74 Å². The molecule has 0 fully saturated rings. The van der Waals surface area contributed by atoms with Crippen molar-refractivity contribution >= 4 is 0 Å². The van der Waals surface area contributed by atoms with Crippen LogP contribution in [0.3, 0.4) is 0 Å². The second-order valence-corrected chi connectivity index (χ2v) is 4.41. The lowest BCUT2D eigenvalue weighted by Gasteiger charge is -2.20. The summed E-state index contributed by atoms with van der Waals surface area (Å²) in [5, 5.41) is 9.42. The van der Waals surface area contributed by atoms with Crippen LogP contribution >= 0.6 is 0 Å². The highest BCUT2D eigenvalue weighted by atomic mass is 16.5. The first kappa shape index (κ1) is 11.9. The van der Waals surface area contributed by atoms with E-state index in [-0.39, 0.29) is 6.10 Å². The maximum atomic E-state index is 9.42. The second kappa shape index (κ2) is 5.55. The number of ether oxygens (including phenoxy) is 1. The molecule has 2 nitrogen and oxygen atoms in total. The summed E-state index contributed by atoms with van der Waals surface area (Å²) in [5.74, 6) is 0. The van der Waals surface area contributed by atoms with Crippen LogP contribution in [-0.2, 0) is 4.74 Å². The minimum Gasteiger partial charge on any atom is -0.391 e. The third-order valence-electron chi connectivity index (χ3n) is 1.74. The molecule has 0 radical (unpaired) electrons. The summed E-state index contributed by atoms with van der Waals surface area (Å²) in [6, 6.07) is 0. The van der Waals surface area contributed by atoms with Crippen LogP contribution in [-0.4, -0.2) is 24.4 Å². The molecule has 0 aromatic rings. The number of aliphatic hydroxyl groups excluding tert-OH is 1. The van der Waals surface area contributed by atoms with Crippen molar-refractivity contribution in [3.63, 3.8) is 0 Å². The van der Waals surface area contributed by atoms with Gasteiger partial charge in [0.05, 0.1) is 12.7 Å². The Hall–Kier alpha value is -0.0800. The minimum atomic E-state index is -0.288. The van der Waals surface area contributed by atoms with Gasteiger partial charge in [0.2, 0.25) is 0 Å². The Morgan fingerprint density at radius 2 is 1.92 bits per heavy atom. The van der Waals surface area contributed by atoms with Gasteiger partial charge in [0.25, 0.3) is 0 Å². The first-order chi connectivity index (χ1) is 5.45. The molecule has 1 unspecified atom stereocenters. The smallest absolute Gasteiger partial charge is 0.0773 e. The molecule has 1 N–H and O–H groups in total. The van der Waals surface area contributed by atoms with E-state index in [1.54, 1.807) is 0 Å². The fourth-order valence-electron chi connectivity index (χ4n) is 0.937. The van der Waals surface area contributed by atoms with Gasteiger partial charge in [-0.15, -0.1) is 0 Å². The Labute approximate surface area is 75.9 Å². The summed E-state index contributed by atoms with van der Waals surface area (Å²) >= 11 is 0. The molecule has 0 aliphatic carbocycles. The van der Waals surface area contributed by atoms with Gasteiger partial charge in [0.15, 0.2) is 0 Å². The molecule has 0 aliphatic heterocycles. The Bertz CT molecular complexity index is 105. The molecule has 0 bridgehead atoms. The molecule has 0 rings (SSSR count). The molecule has 0 spiro atoms. The van der Waals surface area contributed by atoms with Gasteiger partial charge in [-0.05, 0) is 25.2 Å². The molecule has 0 aromatic heterocycles. The van der Waals surface area contributed by atoms with Crippen molar-refractivity contribution < 1.29 is 9.84 Å². The highest BCUT2D eigenvalue weighted by Gasteiger charge is 2.13. The van der Waals surface area contributed by atoms with Crippen molar-refractivity contribution in [2.75, 3.05) is 13.2 Å². The van der Waals surface area contributed by atoms with Crippen molar-refractivity contribution in [3.05, 3.63) is 0 Å².